The highest BCUT2D eigenvalue weighted by Crippen LogP contribution is 2.45. The van der Waals surface area contributed by atoms with Gasteiger partial charge in [0.05, 0.1) is 4.87 Å². The summed E-state index contributed by atoms with van der Waals surface area (Å²) in [6.07, 6.45) is 9.79. The molecule has 0 unspecified atom stereocenters. The number of hydrogen-bond donors (Lipinski definition) is 0. The van der Waals surface area contributed by atoms with E-state index in [9.17, 15) is 9.59 Å². The molecule has 3 fully saturated rings. The van der Waals surface area contributed by atoms with Gasteiger partial charge in [-0.2, -0.15) is 0 Å². The molecule has 0 radical (unpaired) electrons. The molecule has 4 rings (SSSR count). The number of thioether (sulfide) groups is 1. The Labute approximate surface area is 179 Å². The Morgan fingerprint density at radius 2 is 1.76 bits per heavy atom. The van der Waals surface area contributed by atoms with Crippen LogP contribution in [0.4, 0.5) is 0 Å². The fourth-order valence-electron chi connectivity index (χ4n) is 5.16. The van der Waals surface area contributed by atoms with Crippen LogP contribution in [0.2, 0.25) is 0 Å². The summed E-state index contributed by atoms with van der Waals surface area (Å²) in [4.78, 5) is 30.2. The van der Waals surface area contributed by atoms with Gasteiger partial charge in [-0.1, -0.05) is 38.3 Å². The lowest BCUT2D eigenvalue weighted by atomic mass is 9.98. The number of likely N-dealkylation sites (tertiary alicyclic amines) is 1. The quantitative estimate of drug-likeness (QED) is 0.699. The van der Waals surface area contributed by atoms with E-state index >= 15 is 0 Å². The van der Waals surface area contributed by atoms with Gasteiger partial charge in [-0.05, 0) is 56.2 Å². The molecular formula is C24H34N2O2S. The third-order valence-corrected chi connectivity index (χ3v) is 8.55. The second-order valence-electron chi connectivity index (χ2n) is 8.86. The van der Waals surface area contributed by atoms with Gasteiger partial charge in [0.25, 0.3) is 5.91 Å². The predicted molar refractivity (Wildman–Crippen MR) is 119 cm³/mol. The number of hydrogen-bond acceptors (Lipinski definition) is 3. The Morgan fingerprint density at radius 1 is 1.07 bits per heavy atom. The molecule has 158 valence electrons. The first-order valence-corrected chi connectivity index (χ1v) is 12.5. The van der Waals surface area contributed by atoms with E-state index in [-0.39, 0.29) is 16.7 Å². The van der Waals surface area contributed by atoms with Crippen molar-refractivity contribution < 1.29 is 9.59 Å². The van der Waals surface area contributed by atoms with Gasteiger partial charge < -0.3 is 9.80 Å². The number of aryl methyl sites for hydroxylation is 1. The van der Waals surface area contributed by atoms with Crippen LogP contribution < -0.4 is 0 Å². The fraction of sp³-hybridized carbons (Fsp3) is 0.667. The smallest absolute Gasteiger partial charge is 0.253 e. The van der Waals surface area contributed by atoms with Gasteiger partial charge >= 0.3 is 0 Å². The van der Waals surface area contributed by atoms with Crippen LogP contribution in [-0.2, 0) is 11.2 Å². The number of unbranched alkanes of at least 4 members (excludes halogenated alkanes) is 1. The highest BCUT2D eigenvalue weighted by atomic mass is 32.2. The average molecular weight is 415 g/mol. The minimum Gasteiger partial charge on any atom is -0.338 e. The first-order chi connectivity index (χ1) is 14.1. The van der Waals surface area contributed by atoms with Gasteiger partial charge in [0.2, 0.25) is 5.91 Å². The summed E-state index contributed by atoms with van der Waals surface area (Å²) in [5.74, 6) is 1.80. The first-order valence-electron chi connectivity index (χ1n) is 11.5. The maximum atomic E-state index is 13.1. The van der Waals surface area contributed by atoms with Crippen LogP contribution in [0.5, 0.6) is 0 Å². The van der Waals surface area contributed by atoms with Crippen LogP contribution in [0.3, 0.4) is 0 Å². The van der Waals surface area contributed by atoms with E-state index in [2.05, 4.69) is 24.0 Å². The molecule has 5 heteroatoms. The highest BCUT2D eigenvalue weighted by Gasteiger charge is 2.48. The molecule has 3 aliphatic rings. The number of benzene rings is 1. The fourth-order valence-corrected chi connectivity index (χ4v) is 6.63. The third-order valence-electron chi connectivity index (χ3n) is 7.00. The summed E-state index contributed by atoms with van der Waals surface area (Å²) in [6.45, 7) is 4.58. The minimum absolute atomic E-state index is 0.0690. The van der Waals surface area contributed by atoms with E-state index in [4.69, 9.17) is 0 Å². The lowest BCUT2D eigenvalue weighted by molar-refractivity contribution is -0.138. The Balaban J connectivity index is 1.36. The number of rotatable bonds is 5. The molecule has 0 aromatic heterocycles. The van der Waals surface area contributed by atoms with Crippen LogP contribution in [0, 0.1) is 5.92 Å². The minimum atomic E-state index is -0.0690. The van der Waals surface area contributed by atoms with E-state index in [1.807, 2.05) is 28.8 Å². The molecule has 2 saturated heterocycles. The van der Waals surface area contributed by atoms with E-state index in [0.717, 1.165) is 63.1 Å². The normalized spacial score (nSPS) is 21.8. The zero-order valence-electron chi connectivity index (χ0n) is 17.7. The topological polar surface area (TPSA) is 40.6 Å². The van der Waals surface area contributed by atoms with Crippen molar-refractivity contribution in [2.75, 3.05) is 25.4 Å². The lowest BCUT2D eigenvalue weighted by Gasteiger charge is -2.44. The summed E-state index contributed by atoms with van der Waals surface area (Å²) in [5, 5.41) is 0. The Bertz CT molecular complexity index is 719. The Morgan fingerprint density at radius 3 is 2.41 bits per heavy atom. The van der Waals surface area contributed by atoms with Crippen molar-refractivity contribution in [3.8, 4) is 0 Å². The molecule has 0 N–H and O–H groups in total. The summed E-state index contributed by atoms with van der Waals surface area (Å²) in [6, 6.07) is 8.17. The first kappa shape index (κ1) is 20.8. The van der Waals surface area contributed by atoms with Crippen molar-refractivity contribution in [2.24, 2.45) is 5.92 Å². The largest absolute Gasteiger partial charge is 0.338 e. The molecule has 0 atom stereocenters. The number of nitrogens with zero attached hydrogens (tertiary/aromatic N) is 2. The van der Waals surface area contributed by atoms with Crippen molar-refractivity contribution in [2.45, 2.75) is 69.6 Å². The van der Waals surface area contributed by atoms with Gasteiger partial charge in [0.15, 0.2) is 0 Å². The standard InChI is InChI=1S/C24H34N2O2S/c1-2-3-6-19-9-11-21(12-10-19)22(27)25-15-13-24(14-16-25)26(17-18-29-24)23(28)20-7-4-5-8-20/h9-12,20H,2-8,13-18H2,1H3. The molecule has 1 aromatic rings. The molecule has 2 aliphatic heterocycles. The zero-order valence-corrected chi connectivity index (χ0v) is 18.5. The van der Waals surface area contributed by atoms with Crippen molar-refractivity contribution >= 4 is 23.6 Å². The van der Waals surface area contributed by atoms with E-state index in [0.29, 0.717) is 5.91 Å². The second kappa shape index (κ2) is 9.11. The van der Waals surface area contributed by atoms with Crippen LogP contribution >= 0.6 is 11.8 Å². The van der Waals surface area contributed by atoms with Crippen molar-refractivity contribution in [3.63, 3.8) is 0 Å². The summed E-state index contributed by atoms with van der Waals surface area (Å²) < 4.78 is 0. The molecule has 1 aromatic carbocycles. The second-order valence-corrected chi connectivity index (χ2v) is 10.3. The molecule has 29 heavy (non-hydrogen) atoms. The molecule has 1 aliphatic carbocycles. The monoisotopic (exact) mass is 414 g/mol. The molecule has 2 heterocycles. The molecule has 1 saturated carbocycles. The van der Waals surface area contributed by atoms with E-state index in [1.54, 1.807) is 0 Å². The van der Waals surface area contributed by atoms with Gasteiger partial charge in [-0.15, -0.1) is 11.8 Å². The molecule has 2 amide bonds. The van der Waals surface area contributed by atoms with Crippen LogP contribution in [0.25, 0.3) is 0 Å². The highest BCUT2D eigenvalue weighted by molar-refractivity contribution is 8.00. The molecule has 1 spiro atoms. The van der Waals surface area contributed by atoms with E-state index < -0.39 is 0 Å². The van der Waals surface area contributed by atoms with Crippen LogP contribution in [-0.4, -0.2) is 51.9 Å². The number of amides is 2. The predicted octanol–water partition coefficient (Wildman–Crippen LogP) is 4.73. The molecule has 0 bridgehead atoms. The Hall–Kier alpha value is -1.49. The lowest BCUT2D eigenvalue weighted by Crippen LogP contribution is -2.54. The molecular weight excluding hydrogens is 380 g/mol. The third kappa shape index (κ3) is 4.35. The number of piperidine rings is 1. The SMILES string of the molecule is CCCCc1ccc(C(=O)N2CCC3(CC2)SCCN3C(=O)C2CCCC2)cc1. The van der Waals surface area contributed by atoms with Crippen LogP contribution in [0.1, 0.15) is 74.2 Å². The number of carbonyl (C=O) groups is 2. The molecule has 4 nitrogen and oxygen atoms in total. The average Bonchev–Trinajstić information content (AvgIpc) is 3.43. The number of carbonyl (C=O) groups excluding carboxylic acids is 2. The Kier molecular flexibility index (Phi) is 6.53. The summed E-state index contributed by atoms with van der Waals surface area (Å²) >= 11 is 1.95. The summed E-state index contributed by atoms with van der Waals surface area (Å²) in [7, 11) is 0. The van der Waals surface area contributed by atoms with Crippen molar-refractivity contribution in [3.05, 3.63) is 35.4 Å². The van der Waals surface area contributed by atoms with Gasteiger partial charge in [-0.3, -0.25) is 9.59 Å². The maximum absolute atomic E-state index is 13.1. The maximum Gasteiger partial charge on any atom is 0.253 e. The van der Waals surface area contributed by atoms with E-state index in [1.165, 1.54) is 31.2 Å². The summed E-state index contributed by atoms with van der Waals surface area (Å²) in [5.41, 5.74) is 2.10. The van der Waals surface area contributed by atoms with Gasteiger partial charge in [-0.25, -0.2) is 0 Å². The van der Waals surface area contributed by atoms with Crippen molar-refractivity contribution in [1.82, 2.24) is 9.80 Å². The zero-order chi connectivity index (χ0) is 20.3. The van der Waals surface area contributed by atoms with Crippen molar-refractivity contribution in [1.29, 1.82) is 0 Å². The van der Waals surface area contributed by atoms with Crippen LogP contribution in [0.15, 0.2) is 24.3 Å². The van der Waals surface area contributed by atoms with Gasteiger partial charge in [0, 0.05) is 36.9 Å². The van der Waals surface area contributed by atoms with Gasteiger partial charge in [0.1, 0.15) is 0 Å².